The van der Waals surface area contributed by atoms with Crippen molar-refractivity contribution >= 4 is 27.8 Å². The zero-order valence-electron chi connectivity index (χ0n) is 14.2. The van der Waals surface area contributed by atoms with Gasteiger partial charge in [-0.1, -0.05) is 13.3 Å². The number of esters is 1. The van der Waals surface area contributed by atoms with Gasteiger partial charge in [-0.25, -0.2) is 9.78 Å². The highest BCUT2D eigenvalue weighted by Crippen LogP contribution is 2.35. The van der Waals surface area contributed by atoms with Gasteiger partial charge in [0, 0.05) is 6.20 Å². The number of carbonyl (C=O) groups excluding carboxylic acids is 2. The Bertz CT molecular complexity index is 613. The normalized spacial score (nSPS) is 23.4. The van der Waals surface area contributed by atoms with Crippen molar-refractivity contribution in [1.29, 1.82) is 0 Å². The first-order valence-corrected chi connectivity index (χ1v) is 8.85. The van der Waals surface area contributed by atoms with E-state index in [1.54, 1.807) is 6.07 Å². The molecule has 1 aromatic rings. The Morgan fingerprint density at radius 2 is 2.04 bits per heavy atom. The number of amides is 1. The molecule has 0 bridgehead atoms. The molecule has 1 aliphatic carbocycles. The zero-order chi connectivity index (χ0) is 17.7. The number of methoxy groups -OCH3 is 2. The average Bonchev–Trinajstić information content (AvgIpc) is 2.61. The molecule has 1 heterocycles. The van der Waals surface area contributed by atoms with Crippen molar-refractivity contribution in [2.45, 2.75) is 44.6 Å². The van der Waals surface area contributed by atoms with Crippen LogP contribution in [-0.4, -0.2) is 36.6 Å². The number of nitrogens with one attached hydrogen (secondary N) is 1. The van der Waals surface area contributed by atoms with E-state index in [1.807, 2.05) is 0 Å². The fraction of sp³-hybridized carbons (Fsp3) is 0.588. The van der Waals surface area contributed by atoms with Gasteiger partial charge in [0.05, 0.1) is 24.3 Å². The van der Waals surface area contributed by atoms with Crippen LogP contribution in [0.15, 0.2) is 16.7 Å². The van der Waals surface area contributed by atoms with E-state index in [0.717, 1.165) is 19.3 Å². The Morgan fingerprint density at radius 3 is 2.54 bits per heavy atom. The second-order valence-electron chi connectivity index (χ2n) is 6.09. The van der Waals surface area contributed by atoms with Crippen molar-refractivity contribution in [3.63, 3.8) is 0 Å². The Hall–Kier alpha value is -1.63. The molecule has 1 aromatic heterocycles. The summed E-state index contributed by atoms with van der Waals surface area (Å²) in [6.45, 7) is 2.15. The molecular formula is C17H23BrN2O4. The van der Waals surface area contributed by atoms with Gasteiger partial charge < -0.3 is 14.8 Å². The highest BCUT2D eigenvalue weighted by Gasteiger charge is 2.44. The number of pyridine rings is 1. The van der Waals surface area contributed by atoms with Crippen LogP contribution in [0.25, 0.3) is 0 Å². The molecule has 132 valence electrons. The van der Waals surface area contributed by atoms with E-state index < -0.39 is 5.54 Å². The fourth-order valence-corrected chi connectivity index (χ4v) is 3.65. The van der Waals surface area contributed by atoms with Crippen LogP contribution in [0.1, 0.15) is 49.4 Å². The SMILES string of the molecule is CC[C@H]1CC[C@](NC(=O)c2cnc(OC)c(Br)c2)(C(=O)OC)CC1. The molecule has 0 atom stereocenters. The van der Waals surface area contributed by atoms with Crippen molar-refractivity contribution in [2.24, 2.45) is 5.92 Å². The molecule has 0 spiro atoms. The molecule has 0 aromatic carbocycles. The molecular weight excluding hydrogens is 376 g/mol. The number of halogens is 1. The minimum atomic E-state index is -0.954. The molecule has 0 saturated heterocycles. The van der Waals surface area contributed by atoms with Crippen LogP contribution in [0.2, 0.25) is 0 Å². The predicted octanol–water partition coefficient (Wildman–Crippen LogP) is 3.09. The Balaban J connectivity index is 2.19. The van der Waals surface area contributed by atoms with Gasteiger partial charge >= 0.3 is 5.97 Å². The van der Waals surface area contributed by atoms with Crippen molar-refractivity contribution < 1.29 is 19.1 Å². The van der Waals surface area contributed by atoms with E-state index in [1.165, 1.54) is 20.4 Å². The summed E-state index contributed by atoms with van der Waals surface area (Å²) in [5.41, 5.74) is -0.590. The zero-order valence-corrected chi connectivity index (χ0v) is 15.8. The number of ether oxygens (including phenoxy) is 2. The Labute approximate surface area is 150 Å². The molecule has 2 rings (SSSR count). The third-order valence-electron chi connectivity index (χ3n) is 4.73. The summed E-state index contributed by atoms with van der Waals surface area (Å²) in [4.78, 5) is 29.0. The topological polar surface area (TPSA) is 77.5 Å². The van der Waals surface area contributed by atoms with Crippen LogP contribution in [0, 0.1) is 5.92 Å². The average molecular weight is 399 g/mol. The fourth-order valence-electron chi connectivity index (χ4n) is 3.14. The minimum absolute atomic E-state index is 0.341. The molecule has 1 saturated carbocycles. The van der Waals surface area contributed by atoms with E-state index in [4.69, 9.17) is 9.47 Å². The van der Waals surface area contributed by atoms with Gasteiger partial charge in [-0.2, -0.15) is 0 Å². The largest absolute Gasteiger partial charge is 0.480 e. The Kier molecular flexibility index (Phi) is 6.21. The lowest BCUT2D eigenvalue weighted by Gasteiger charge is -2.38. The van der Waals surface area contributed by atoms with Crippen molar-refractivity contribution in [1.82, 2.24) is 10.3 Å². The highest BCUT2D eigenvalue weighted by molar-refractivity contribution is 9.10. The second kappa shape index (κ2) is 7.96. The lowest BCUT2D eigenvalue weighted by Crippen LogP contribution is -2.56. The maximum atomic E-state index is 12.6. The third-order valence-corrected chi connectivity index (χ3v) is 5.30. The van der Waals surface area contributed by atoms with Crippen molar-refractivity contribution in [3.05, 3.63) is 22.3 Å². The predicted molar refractivity (Wildman–Crippen MR) is 93.0 cm³/mol. The number of nitrogens with zero attached hydrogens (tertiary/aromatic N) is 1. The quantitative estimate of drug-likeness (QED) is 0.770. The maximum absolute atomic E-state index is 12.6. The molecule has 0 aliphatic heterocycles. The van der Waals surface area contributed by atoms with E-state index in [9.17, 15) is 9.59 Å². The van der Waals surface area contributed by atoms with E-state index in [-0.39, 0.29) is 11.9 Å². The summed E-state index contributed by atoms with van der Waals surface area (Å²) in [5, 5.41) is 2.89. The first-order valence-electron chi connectivity index (χ1n) is 8.06. The van der Waals surface area contributed by atoms with E-state index in [2.05, 4.69) is 33.2 Å². The lowest BCUT2D eigenvalue weighted by atomic mass is 9.75. The van der Waals surface area contributed by atoms with Crippen molar-refractivity contribution in [3.8, 4) is 5.88 Å². The monoisotopic (exact) mass is 398 g/mol. The van der Waals surface area contributed by atoms with Crippen LogP contribution in [0.5, 0.6) is 5.88 Å². The van der Waals surface area contributed by atoms with Gasteiger partial charge in [-0.05, 0) is 53.6 Å². The van der Waals surface area contributed by atoms with Crippen LogP contribution in [0.4, 0.5) is 0 Å². The molecule has 1 amide bonds. The smallest absolute Gasteiger partial charge is 0.331 e. The molecule has 24 heavy (non-hydrogen) atoms. The summed E-state index contributed by atoms with van der Waals surface area (Å²) in [5.74, 6) is 0.270. The van der Waals surface area contributed by atoms with Gasteiger partial charge in [-0.15, -0.1) is 0 Å². The number of hydrogen-bond donors (Lipinski definition) is 1. The minimum Gasteiger partial charge on any atom is -0.480 e. The summed E-state index contributed by atoms with van der Waals surface area (Å²) in [6.07, 6.45) is 5.50. The summed E-state index contributed by atoms with van der Waals surface area (Å²) in [6, 6.07) is 1.63. The van der Waals surface area contributed by atoms with Crippen LogP contribution < -0.4 is 10.1 Å². The number of rotatable bonds is 5. The van der Waals surface area contributed by atoms with E-state index >= 15 is 0 Å². The lowest BCUT2D eigenvalue weighted by molar-refractivity contribution is -0.150. The van der Waals surface area contributed by atoms with Gasteiger partial charge in [0.15, 0.2) is 0 Å². The number of hydrogen-bond acceptors (Lipinski definition) is 5. The first kappa shape index (κ1) is 18.7. The van der Waals surface area contributed by atoms with Crippen molar-refractivity contribution in [2.75, 3.05) is 14.2 Å². The molecule has 1 N–H and O–H groups in total. The summed E-state index contributed by atoms with van der Waals surface area (Å²) in [7, 11) is 2.86. The molecule has 7 heteroatoms. The molecule has 0 radical (unpaired) electrons. The van der Waals surface area contributed by atoms with Crippen LogP contribution in [0.3, 0.4) is 0 Å². The van der Waals surface area contributed by atoms with Crippen LogP contribution in [-0.2, 0) is 9.53 Å². The van der Waals surface area contributed by atoms with Crippen LogP contribution >= 0.6 is 15.9 Å². The number of carbonyl (C=O) groups is 2. The van der Waals surface area contributed by atoms with Gasteiger partial charge in [0.2, 0.25) is 5.88 Å². The van der Waals surface area contributed by atoms with Gasteiger partial charge in [-0.3, -0.25) is 4.79 Å². The standard InChI is InChI=1S/C17H23BrN2O4/c1-4-11-5-7-17(8-6-11,16(22)24-3)20-14(21)12-9-13(18)15(23-2)19-10-12/h9-11H,4-8H2,1-3H3,(H,20,21)/t11-,17+. The molecule has 6 nitrogen and oxygen atoms in total. The molecule has 1 aliphatic rings. The second-order valence-corrected chi connectivity index (χ2v) is 6.95. The maximum Gasteiger partial charge on any atom is 0.331 e. The van der Waals surface area contributed by atoms with Gasteiger partial charge in [0.25, 0.3) is 5.91 Å². The summed E-state index contributed by atoms with van der Waals surface area (Å²) >= 11 is 3.31. The third kappa shape index (κ3) is 3.88. The van der Waals surface area contributed by atoms with Gasteiger partial charge in [0.1, 0.15) is 5.54 Å². The van der Waals surface area contributed by atoms with E-state index in [0.29, 0.717) is 34.7 Å². The highest BCUT2D eigenvalue weighted by atomic mass is 79.9. The number of aromatic nitrogens is 1. The molecule has 0 unspecified atom stereocenters. The first-order chi connectivity index (χ1) is 11.5. The molecule has 1 fully saturated rings. The Morgan fingerprint density at radius 1 is 1.38 bits per heavy atom. The summed E-state index contributed by atoms with van der Waals surface area (Å²) < 4.78 is 10.6.